The number of nitriles is 3. The number of aliphatic imine (C=N–C) groups is 7. The van der Waals surface area contributed by atoms with Gasteiger partial charge in [0.05, 0.1) is 44.1 Å². The predicted molar refractivity (Wildman–Crippen MR) is 438 cm³/mol. The molecule has 0 saturated heterocycles. The van der Waals surface area contributed by atoms with Crippen LogP contribution in [0.5, 0.6) is 0 Å². The van der Waals surface area contributed by atoms with Crippen molar-refractivity contribution in [2.75, 3.05) is 42.5 Å². The fourth-order valence-corrected chi connectivity index (χ4v) is 4.80. The van der Waals surface area contributed by atoms with Crippen LogP contribution in [0.15, 0.2) is 241 Å². The lowest BCUT2D eigenvalue weighted by molar-refractivity contribution is 0.362. The van der Waals surface area contributed by atoms with Crippen molar-refractivity contribution in [3.05, 3.63) is 206 Å². The van der Waals surface area contributed by atoms with Crippen molar-refractivity contribution in [1.29, 1.82) is 15.8 Å². The third kappa shape index (κ3) is 154. The third-order valence-corrected chi connectivity index (χ3v) is 8.10. The van der Waals surface area contributed by atoms with Gasteiger partial charge in [-0.3, -0.25) is 0 Å². The maximum Gasteiger partial charge on any atom is 0.286 e. The maximum absolute atomic E-state index is 9.68. The Balaban J connectivity index is -0.0000000627. The van der Waals surface area contributed by atoms with Crippen molar-refractivity contribution in [2.24, 2.45) is 34.9 Å². The molecule has 1 aliphatic carbocycles. The van der Waals surface area contributed by atoms with Crippen molar-refractivity contribution in [3.63, 3.8) is 0 Å². The van der Waals surface area contributed by atoms with E-state index in [9.17, 15) is 19.2 Å². The van der Waals surface area contributed by atoms with E-state index in [4.69, 9.17) is 30.2 Å². The SMILES string of the molecule is C1CCCCC1.CC.CC.CC.CC.CC.CC.CC.CC.CCC.CCC.CN=C=O.CN=C=O.CN=C=O.COC#N.COC#N.COC#N.O=C=Nc1ccccc1.O=C=Nc1ccccc1.O=C=Nc1ccccc1.O=C=Nc1ccccc1.c1ccc2ccccc2c1.c1ccccc1. The molecule has 7 aromatic rings. The molecule has 0 spiro atoms. The van der Waals surface area contributed by atoms with Gasteiger partial charge in [0, 0.05) is 21.1 Å². The van der Waals surface area contributed by atoms with Crippen molar-refractivity contribution >= 4 is 76.1 Å². The van der Waals surface area contributed by atoms with Crippen LogP contribution in [-0.2, 0) is 47.8 Å². The monoisotopic (exact) mass is 1440 g/mol. The second-order valence-electron chi connectivity index (χ2n) is 15.0. The lowest BCUT2D eigenvalue weighted by atomic mass is 10.0. The Hall–Kier alpha value is -11.7. The molecule has 0 aliphatic heterocycles. The van der Waals surface area contributed by atoms with E-state index in [2.05, 4.69) is 125 Å². The van der Waals surface area contributed by atoms with E-state index in [1.165, 1.54) is 166 Å². The molecule has 0 aromatic heterocycles. The van der Waals surface area contributed by atoms with Gasteiger partial charge in [-0.15, -0.1) is 0 Å². The first-order chi connectivity index (χ1) is 51.0. The van der Waals surface area contributed by atoms with E-state index < -0.39 is 0 Å². The van der Waals surface area contributed by atoms with Gasteiger partial charge in [0.25, 0.3) is 18.8 Å². The lowest BCUT2D eigenvalue weighted by Crippen LogP contribution is -1.85. The highest BCUT2D eigenvalue weighted by atomic mass is 16.5. The zero-order valence-corrected chi connectivity index (χ0v) is 67.8. The summed E-state index contributed by atoms with van der Waals surface area (Å²) in [5, 5.41) is 24.8. The van der Waals surface area contributed by atoms with Gasteiger partial charge in [0.2, 0.25) is 42.6 Å². The molecule has 20 nitrogen and oxygen atoms in total. The molecule has 1 aliphatic rings. The van der Waals surface area contributed by atoms with Crippen molar-refractivity contribution < 1.29 is 47.8 Å². The molecule has 1 saturated carbocycles. The van der Waals surface area contributed by atoms with Gasteiger partial charge in [-0.05, 0) is 59.3 Å². The molecular weight excluding hydrogens is 1310 g/mol. The van der Waals surface area contributed by atoms with E-state index in [0.29, 0.717) is 22.7 Å². The molecule has 104 heavy (non-hydrogen) atoms. The second-order valence-corrected chi connectivity index (χ2v) is 15.0. The molecule has 0 atom stereocenters. The maximum atomic E-state index is 9.68. The van der Waals surface area contributed by atoms with Gasteiger partial charge in [0.1, 0.15) is 0 Å². The number of isocyanates is 7. The molecule has 0 N–H and O–H groups in total. The van der Waals surface area contributed by atoms with E-state index in [-0.39, 0.29) is 0 Å². The second kappa shape index (κ2) is 160. The average Bonchev–Trinajstić information content (AvgIpc) is 0.876. The van der Waals surface area contributed by atoms with Crippen LogP contribution in [0.25, 0.3) is 10.8 Å². The summed E-state index contributed by atoms with van der Waals surface area (Å²) in [7, 11) is 8.10. The summed E-state index contributed by atoms with van der Waals surface area (Å²) in [5.74, 6) is 0. The molecule has 0 unspecified atom stereocenters. The number of methoxy groups -OCH3 is 3. The molecule has 0 heterocycles. The summed E-state index contributed by atoms with van der Waals surface area (Å²) in [6, 6.07) is 64.6. The quantitative estimate of drug-likeness (QED) is 0.0900. The van der Waals surface area contributed by atoms with Gasteiger partial charge in [0.15, 0.2) is 0 Å². The minimum absolute atomic E-state index is 0.646. The number of para-hydroxylation sites is 4. The molecule has 0 radical (unpaired) electrons. The summed E-state index contributed by atoms with van der Waals surface area (Å²) in [5.41, 5.74) is 2.58. The van der Waals surface area contributed by atoms with Crippen LogP contribution < -0.4 is 0 Å². The summed E-state index contributed by atoms with van der Waals surface area (Å²) in [4.78, 5) is 87.8. The minimum Gasteiger partial charge on any atom is -0.431 e. The number of benzene rings is 7. The largest absolute Gasteiger partial charge is 0.431 e. The van der Waals surface area contributed by atoms with E-state index in [1.807, 2.05) is 220 Å². The smallest absolute Gasteiger partial charge is 0.286 e. The third-order valence-electron chi connectivity index (χ3n) is 8.10. The number of ether oxygens (including phenoxy) is 3. The van der Waals surface area contributed by atoms with Gasteiger partial charge in [-0.2, -0.15) is 35.8 Å². The number of hydrogen-bond acceptors (Lipinski definition) is 20. The number of nitrogens with zero attached hydrogens (tertiary/aromatic N) is 10. The molecular formula is C84H128N10O10. The van der Waals surface area contributed by atoms with Gasteiger partial charge in [-0.1, -0.05) is 348 Å². The van der Waals surface area contributed by atoms with Crippen LogP contribution in [0.4, 0.5) is 22.7 Å². The number of fused-ring (bicyclic) bond motifs is 1. The van der Waals surface area contributed by atoms with Gasteiger partial charge >= 0.3 is 0 Å². The Morgan fingerprint density at radius 3 is 0.462 bits per heavy atom. The molecule has 8 rings (SSSR count). The van der Waals surface area contributed by atoms with E-state index in [0.717, 1.165) is 0 Å². The molecule has 7 aromatic carbocycles. The topological polar surface area (TPSA) is 305 Å². The number of carbonyl (C=O) groups excluding carboxylic acids is 7. The first kappa shape index (κ1) is 129. The van der Waals surface area contributed by atoms with Crippen LogP contribution in [0.3, 0.4) is 0 Å². The Morgan fingerprint density at radius 2 is 0.365 bits per heavy atom. The normalized spacial score (nSPS) is 7.34. The molecule has 0 bridgehead atoms. The summed E-state index contributed by atoms with van der Waals surface area (Å²) >= 11 is 0. The van der Waals surface area contributed by atoms with Gasteiger partial charge < -0.3 is 14.2 Å². The van der Waals surface area contributed by atoms with Crippen molar-refractivity contribution in [1.82, 2.24) is 0 Å². The molecule has 20 heteroatoms. The average molecular weight is 1440 g/mol. The van der Waals surface area contributed by atoms with E-state index in [1.54, 1.807) is 48.5 Å². The summed E-state index contributed by atoms with van der Waals surface area (Å²) in [6.45, 7) is 40.5. The van der Waals surface area contributed by atoms with Crippen LogP contribution in [-0.4, -0.2) is 85.0 Å². The summed E-state index contributed by atoms with van der Waals surface area (Å²) in [6.07, 6.45) is 25.5. The minimum atomic E-state index is 0.646. The highest BCUT2D eigenvalue weighted by Gasteiger charge is 1.95. The Labute approximate surface area is 628 Å². The Kier molecular flexibility index (Phi) is 198. The molecule has 1 fully saturated rings. The molecule has 574 valence electrons. The highest BCUT2D eigenvalue weighted by molar-refractivity contribution is 5.82. The fraction of sp³-hybridized carbons (Fsp3) is 0.405. The fourth-order valence-electron chi connectivity index (χ4n) is 4.80. The Bertz CT molecular complexity index is 2690. The lowest BCUT2D eigenvalue weighted by Gasteiger charge is -2.05. The van der Waals surface area contributed by atoms with Crippen LogP contribution in [0, 0.1) is 34.6 Å². The van der Waals surface area contributed by atoms with Crippen molar-refractivity contribution in [2.45, 2.75) is 190 Å². The number of rotatable bonds is 4. The van der Waals surface area contributed by atoms with Crippen molar-refractivity contribution in [3.8, 4) is 18.8 Å². The summed E-state index contributed by atoms with van der Waals surface area (Å²) < 4.78 is 11.5. The van der Waals surface area contributed by atoms with Crippen LogP contribution >= 0.6 is 0 Å². The Morgan fingerprint density at radius 1 is 0.260 bits per heavy atom. The zero-order chi connectivity index (χ0) is 83.3. The first-order valence-corrected chi connectivity index (χ1v) is 34.6. The molecule has 0 amide bonds. The highest BCUT2D eigenvalue weighted by Crippen LogP contribution is 2.15. The van der Waals surface area contributed by atoms with Gasteiger partial charge in [-0.25, -0.2) is 48.5 Å². The zero-order valence-electron chi connectivity index (χ0n) is 67.8. The first-order valence-electron chi connectivity index (χ1n) is 34.6. The van der Waals surface area contributed by atoms with Crippen LogP contribution in [0.1, 0.15) is 190 Å². The standard InChI is InChI=1S/C10H8.4C7H5NO.C6H12.C6H6.2C3H8.6C2H3NO.8C2H6/c1-2-6-10-8-4-3-7-9(10)5-1;4*9-6-8-7-4-2-1-3-5-7;2*1-2-4-6-5-3-1;2*1-3-2;3*1-4-2-3;3*1-3-2-4;8*1-2/h1-8H;4*1-5H;1-6H2;1-6H;2*3H2,1-2H3;6*1H3;8*1-2H3. The van der Waals surface area contributed by atoms with Crippen LogP contribution in [0.2, 0.25) is 0 Å². The number of hydrogen-bond donors (Lipinski definition) is 0. The predicted octanol–water partition coefficient (Wildman–Crippen LogP) is 24.7. The van der Waals surface area contributed by atoms with E-state index >= 15 is 0 Å².